The van der Waals surface area contributed by atoms with E-state index in [1.54, 1.807) is 0 Å². The highest BCUT2D eigenvalue weighted by atomic mass is 28.3. The van der Waals surface area contributed by atoms with Crippen molar-refractivity contribution in [2.45, 2.75) is 83.7 Å². The number of rotatable bonds is 3. The normalized spacial score (nSPS) is 22.7. The fourth-order valence-electron chi connectivity index (χ4n) is 2.84. The van der Waals surface area contributed by atoms with E-state index in [-0.39, 0.29) is 12.1 Å². The molecule has 1 amide bonds. The molecular formula is C17H30N2O3Si. The molecule has 1 aromatic rings. The molecule has 1 aliphatic rings. The van der Waals surface area contributed by atoms with Crippen LogP contribution in [-0.4, -0.2) is 31.0 Å². The van der Waals surface area contributed by atoms with E-state index in [9.17, 15) is 4.79 Å². The number of carbonyl (C=O) groups excluding carboxylic acids is 1. The van der Waals surface area contributed by atoms with E-state index in [1.165, 1.54) is 0 Å². The van der Waals surface area contributed by atoms with Gasteiger partial charge in [-0.25, -0.2) is 4.79 Å². The molecular weight excluding hydrogens is 308 g/mol. The third kappa shape index (κ3) is 5.37. The molecule has 1 fully saturated rings. The third-order valence-corrected chi connectivity index (χ3v) is 5.85. The quantitative estimate of drug-likeness (QED) is 0.852. The van der Waals surface area contributed by atoms with Crippen LogP contribution in [0.2, 0.25) is 19.6 Å². The molecule has 1 aliphatic carbocycles. The fourth-order valence-corrected chi connectivity index (χ4v) is 3.74. The predicted molar refractivity (Wildman–Crippen MR) is 93.8 cm³/mol. The summed E-state index contributed by atoms with van der Waals surface area (Å²) in [6, 6.07) is 2.35. The van der Waals surface area contributed by atoms with Gasteiger partial charge in [0.2, 0.25) is 0 Å². The Kier molecular flexibility index (Phi) is 5.23. The van der Waals surface area contributed by atoms with Crippen molar-refractivity contribution in [3.8, 4) is 0 Å². The summed E-state index contributed by atoms with van der Waals surface area (Å²) >= 11 is 0. The zero-order valence-electron chi connectivity index (χ0n) is 15.2. The second-order valence-electron chi connectivity index (χ2n) is 8.56. The number of nitrogens with one attached hydrogen (secondary N) is 1. The summed E-state index contributed by atoms with van der Waals surface area (Å²) in [5, 5.41) is 8.34. The Labute approximate surface area is 140 Å². The largest absolute Gasteiger partial charge is 0.444 e. The van der Waals surface area contributed by atoms with Crippen LogP contribution in [0.5, 0.6) is 0 Å². The molecule has 23 heavy (non-hydrogen) atoms. The summed E-state index contributed by atoms with van der Waals surface area (Å²) in [6.45, 7) is 12.4. The van der Waals surface area contributed by atoms with Gasteiger partial charge in [0.15, 0.2) is 0 Å². The molecule has 1 aromatic heterocycles. The molecule has 6 heteroatoms. The Balaban J connectivity index is 1.84. The lowest BCUT2D eigenvalue weighted by Gasteiger charge is -2.29. The van der Waals surface area contributed by atoms with Gasteiger partial charge in [-0.1, -0.05) is 24.8 Å². The van der Waals surface area contributed by atoms with Gasteiger partial charge in [-0.05, 0) is 52.5 Å². The van der Waals surface area contributed by atoms with Gasteiger partial charge in [-0.2, -0.15) is 0 Å². The van der Waals surface area contributed by atoms with Gasteiger partial charge < -0.3 is 14.6 Å². The average Bonchev–Trinajstić information content (AvgIpc) is 2.86. The van der Waals surface area contributed by atoms with Crippen molar-refractivity contribution in [1.29, 1.82) is 0 Å². The summed E-state index contributed by atoms with van der Waals surface area (Å²) in [5.74, 6) is 0.445. The summed E-state index contributed by atoms with van der Waals surface area (Å²) < 4.78 is 10.9. The standard InChI is InChI=1S/C17H30N2O3Si/c1-17(2,3)21-16(20)18-13-9-7-12(8-10-13)14-11-15(22-19-14)23(4,5)6/h11-13H,7-10H2,1-6H3,(H,18,20)/t12-,13-. The van der Waals surface area contributed by atoms with Crippen LogP contribution in [0.4, 0.5) is 4.79 Å². The number of hydrogen-bond donors (Lipinski definition) is 1. The Hall–Kier alpha value is -1.30. The van der Waals surface area contributed by atoms with E-state index in [0.29, 0.717) is 5.92 Å². The van der Waals surface area contributed by atoms with Crippen LogP contribution in [0.3, 0.4) is 0 Å². The highest BCUT2D eigenvalue weighted by Gasteiger charge is 2.29. The van der Waals surface area contributed by atoms with Crippen LogP contribution in [-0.2, 0) is 4.74 Å². The number of carbonyl (C=O) groups is 1. The van der Waals surface area contributed by atoms with E-state index in [0.717, 1.165) is 36.8 Å². The maximum atomic E-state index is 11.8. The van der Waals surface area contributed by atoms with Crippen molar-refractivity contribution in [2.24, 2.45) is 0 Å². The number of amides is 1. The monoisotopic (exact) mass is 338 g/mol. The van der Waals surface area contributed by atoms with Crippen LogP contribution in [0, 0.1) is 0 Å². The number of ether oxygens (including phenoxy) is 1. The Morgan fingerprint density at radius 3 is 2.35 bits per heavy atom. The molecule has 0 atom stereocenters. The Morgan fingerprint density at radius 2 is 1.87 bits per heavy atom. The molecule has 1 heterocycles. The molecule has 0 aromatic carbocycles. The summed E-state index contributed by atoms with van der Waals surface area (Å²) in [4.78, 5) is 11.8. The number of nitrogens with zero attached hydrogens (tertiary/aromatic N) is 1. The average molecular weight is 339 g/mol. The lowest BCUT2D eigenvalue weighted by atomic mass is 9.84. The summed E-state index contributed by atoms with van der Waals surface area (Å²) in [5.41, 5.74) is 0.632. The minimum Gasteiger partial charge on any atom is -0.444 e. The van der Waals surface area contributed by atoms with Gasteiger partial charge >= 0.3 is 6.09 Å². The van der Waals surface area contributed by atoms with E-state index in [2.05, 4.69) is 36.2 Å². The second-order valence-corrected chi connectivity index (χ2v) is 13.6. The molecule has 2 rings (SSSR count). The van der Waals surface area contributed by atoms with Gasteiger partial charge in [-0.15, -0.1) is 0 Å². The van der Waals surface area contributed by atoms with Gasteiger partial charge in [-0.3, -0.25) is 0 Å². The molecule has 0 radical (unpaired) electrons. The van der Waals surface area contributed by atoms with Crippen LogP contribution in [0.15, 0.2) is 10.6 Å². The Bertz CT molecular complexity index is 535. The zero-order chi connectivity index (χ0) is 17.3. The van der Waals surface area contributed by atoms with Crippen LogP contribution >= 0.6 is 0 Å². The second kappa shape index (κ2) is 6.67. The van der Waals surface area contributed by atoms with Crippen molar-refractivity contribution in [2.75, 3.05) is 0 Å². The Morgan fingerprint density at radius 1 is 1.26 bits per heavy atom. The van der Waals surface area contributed by atoms with E-state index < -0.39 is 13.7 Å². The highest BCUT2D eigenvalue weighted by Crippen LogP contribution is 2.32. The highest BCUT2D eigenvalue weighted by molar-refractivity contribution is 6.87. The zero-order valence-corrected chi connectivity index (χ0v) is 16.2. The SMILES string of the molecule is CC(C)(C)OC(=O)N[C@H]1CC[C@H](c2cc([Si](C)(C)C)on2)CC1. The molecule has 0 unspecified atom stereocenters. The molecule has 1 saturated carbocycles. The molecule has 130 valence electrons. The van der Waals surface area contributed by atoms with Gasteiger partial charge in [0, 0.05) is 12.0 Å². The van der Waals surface area contributed by atoms with E-state index >= 15 is 0 Å². The van der Waals surface area contributed by atoms with Gasteiger partial charge in [0.25, 0.3) is 0 Å². The fraction of sp³-hybridized carbons (Fsp3) is 0.765. The molecule has 0 bridgehead atoms. The van der Waals surface area contributed by atoms with E-state index in [1.807, 2.05) is 20.8 Å². The predicted octanol–water partition coefficient (Wildman–Crippen LogP) is 3.77. The smallest absolute Gasteiger partial charge is 0.407 e. The minimum absolute atomic E-state index is 0.199. The van der Waals surface area contributed by atoms with Crippen molar-refractivity contribution in [1.82, 2.24) is 10.5 Å². The first kappa shape index (κ1) is 18.0. The van der Waals surface area contributed by atoms with Gasteiger partial charge in [0.05, 0.1) is 5.69 Å². The maximum Gasteiger partial charge on any atom is 0.407 e. The lowest BCUT2D eigenvalue weighted by Crippen LogP contribution is -2.40. The minimum atomic E-state index is -1.44. The van der Waals surface area contributed by atoms with Crippen molar-refractivity contribution in [3.05, 3.63) is 11.8 Å². The van der Waals surface area contributed by atoms with E-state index in [4.69, 9.17) is 9.26 Å². The summed E-state index contributed by atoms with van der Waals surface area (Å²) in [6.07, 6.45) is 3.65. The van der Waals surface area contributed by atoms with Crippen molar-refractivity contribution in [3.63, 3.8) is 0 Å². The molecule has 1 N–H and O–H groups in total. The van der Waals surface area contributed by atoms with Crippen molar-refractivity contribution >= 4 is 19.6 Å². The van der Waals surface area contributed by atoms with Gasteiger partial charge in [0.1, 0.15) is 19.1 Å². The first-order valence-electron chi connectivity index (χ1n) is 8.51. The molecule has 0 aliphatic heterocycles. The maximum absolute atomic E-state index is 11.8. The molecule has 5 nitrogen and oxygen atoms in total. The van der Waals surface area contributed by atoms with Crippen molar-refractivity contribution < 1.29 is 14.1 Å². The number of hydrogen-bond acceptors (Lipinski definition) is 4. The van der Waals surface area contributed by atoms with Crippen LogP contribution in [0.1, 0.15) is 58.1 Å². The molecule has 0 saturated heterocycles. The number of aromatic nitrogens is 1. The number of alkyl carbamates (subject to hydrolysis) is 1. The lowest BCUT2D eigenvalue weighted by molar-refractivity contribution is 0.0491. The third-order valence-electron chi connectivity index (χ3n) is 4.13. The first-order chi connectivity index (χ1) is 10.5. The van der Waals surface area contributed by atoms with Crippen LogP contribution in [0.25, 0.3) is 0 Å². The topological polar surface area (TPSA) is 64.4 Å². The van der Waals surface area contributed by atoms with Crippen LogP contribution < -0.4 is 10.7 Å². The first-order valence-corrected chi connectivity index (χ1v) is 12.0. The summed E-state index contributed by atoms with van der Waals surface area (Å²) in [7, 11) is -1.44. The molecule has 0 spiro atoms.